The summed E-state index contributed by atoms with van der Waals surface area (Å²) >= 11 is 0. The van der Waals surface area contributed by atoms with Crippen LogP contribution < -0.4 is 5.69 Å². The zero-order valence-corrected chi connectivity index (χ0v) is 15.9. The fourth-order valence-corrected chi connectivity index (χ4v) is 3.69. The fourth-order valence-electron chi connectivity index (χ4n) is 3.69. The van der Waals surface area contributed by atoms with E-state index in [9.17, 15) is 14.4 Å². The molecular weight excluding hydrogens is 332 g/mol. The predicted molar refractivity (Wildman–Crippen MR) is 98.0 cm³/mol. The van der Waals surface area contributed by atoms with Crippen molar-refractivity contribution in [2.45, 2.75) is 51.9 Å². The molecule has 0 saturated carbocycles. The zero-order chi connectivity index (χ0) is 18.9. The van der Waals surface area contributed by atoms with Crippen LogP contribution in [0.2, 0.25) is 0 Å². The third-order valence-electron chi connectivity index (χ3n) is 5.25. The minimum atomic E-state index is -0.512. The van der Waals surface area contributed by atoms with Crippen molar-refractivity contribution in [3.63, 3.8) is 0 Å². The maximum absolute atomic E-state index is 12.9. The summed E-state index contributed by atoms with van der Waals surface area (Å²) in [5, 5.41) is 0. The molecule has 26 heavy (non-hydrogen) atoms. The summed E-state index contributed by atoms with van der Waals surface area (Å²) in [4.78, 5) is 47.6. The Hall–Kier alpha value is -2.18. The van der Waals surface area contributed by atoms with Gasteiger partial charge in [-0.15, -0.1) is 0 Å². The van der Waals surface area contributed by atoms with E-state index in [1.54, 1.807) is 11.0 Å². The Morgan fingerprint density at radius 1 is 1.12 bits per heavy atom. The first kappa shape index (κ1) is 18.6. The standard InChI is InChI=1S/C19H28N4O3/c1-19(2,3)15-11-14(20-18(26)21-15)17(25)23-10-6-7-13(12-23)16(24)22-8-4-5-9-22/h11,13H,4-10,12H2,1-3H3,(H,20,21,26). The SMILES string of the molecule is CC(C)(C)c1cc(C(=O)N2CCCC(C(=O)N3CCCC3)C2)nc(=O)[nH]1. The summed E-state index contributed by atoms with van der Waals surface area (Å²) in [5.74, 6) is -0.246. The number of likely N-dealkylation sites (tertiary alicyclic amines) is 2. The largest absolute Gasteiger partial charge is 0.345 e. The Balaban J connectivity index is 1.76. The van der Waals surface area contributed by atoms with Crippen LogP contribution in [0.5, 0.6) is 0 Å². The number of piperidine rings is 1. The second-order valence-corrected chi connectivity index (χ2v) is 8.36. The van der Waals surface area contributed by atoms with Crippen LogP contribution in [-0.4, -0.2) is 57.8 Å². The zero-order valence-electron chi connectivity index (χ0n) is 15.9. The summed E-state index contributed by atoms with van der Waals surface area (Å²) in [7, 11) is 0. The molecule has 2 saturated heterocycles. The first-order valence-corrected chi connectivity index (χ1v) is 9.45. The van der Waals surface area contributed by atoms with E-state index in [2.05, 4.69) is 9.97 Å². The van der Waals surface area contributed by atoms with Crippen LogP contribution in [0.15, 0.2) is 10.9 Å². The molecule has 7 nitrogen and oxygen atoms in total. The number of carbonyl (C=O) groups excluding carboxylic acids is 2. The highest BCUT2D eigenvalue weighted by Crippen LogP contribution is 2.23. The molecule has 3 rings (SSSR count). The van der Waals surface area contributed by atoms with Crippen molar-refractivity contribution >= 4 is 11.8 Å². The minimum Gasteiger partial charge on any atom is -0.342 e. The molecule has 0 spiro atoms. The fraction of sp³-hybridized carbons (Fsp3) is 0.684. The lowest BCUT2D eigenvalue weighted by atomic mass is 9.91. The predicted octanol–water partition coefficient (Wildman–Crippen LogP) is 1.54. The van der Waals surface area contributed by atoms with Crippen molar-refractivity contribution in [1.29, 1.82) is 0 Å². The summed E-state index contributed by atoms with van der Waals surface area (Å²) in [5.41, 5.74) is 0.0470. The monoisotopic (exact) mass is 360 g/mol. The minimum absolute atomic E-state index is 0.144. The number of nitrogens with one attached hydrogen (secondary N) is 1. The third-order valence-corrected chi connectivity index (χ3v) is 5.25. The number of rotatable bonds is 2. The molecule has 2 aliphatic heterocycles. The Morgan fingerprint density at radius 2 is 1.77 bits per heavy atom. The van der Waals surface area contributed by atoms with Crippen LogP contribution in [0.1, 0.15) is 62.6 Å². The van der Waals surface area contributed by atoms with Gasteiger partial charge in [-0.05, 0) is 31.7 Å². The molecule has 0 bridgehead atoms. The van der Waals surface area contributed by atoms with Gasteiger partial charge in [-0.2, -0.15) is 4.98 Å². The van der Waals surface area contributed by atoms with Crippen LogP contribution in [0, 0.1) is 5.92 Å². The van der Waals surface area contributed by atoms with E-state index in [-0.39, 0.29) is 28.8 Å². The summed E-state index contributed by atoms with van der Waals surface area (Å²) < 4.78 is 0. The molecule has 142 valence electrons. The van der Waals surface area contributed by atoms with Gasteiger partial charge in [0, 0.05) is 37.3 Å². The smallest absolute Gasteiger partial charge is 0.342 e. The number of nitrogens with zero attached hydrogens (tertiary/aromatic N) is 3. The van der Waals surface area contributed by atoms with Gasteiger partial charge in [0.25, 0.3) is 5.91 Å². The van der Waals surface area contributed by atoms with Crippen molar-refractivity contribution in [2.75, 3.05) is 26.2 Å². The van der Waals surface area contributed by atoms with E-state index in [0.29, 0.717) is 18.8 Å². The topological polar surface area (TPSA) is 86.4 Å². The van der Waals surface area contributed by atoms with Crippen LogP contribution in [-0.2, 0) is 10.2 Å². The Bertz CT molecular complexity index is 744. The Kier molecular flexibility index (Phi) is 5.16. The van der Waals surface area contributed by atoms with E-state index < -0.39 is 5.69 Å². The Morgan fingerprint density at radius 3 is 2.42 bits per heavy atom. The second kappa shape index (κ2) is 7.21. The maximum atomic E-state index is 12.9. The number of H-pyrrole nitrogens is 1. The van der Waals surface area contributed by atoms with E-state index in [0.717, 1.165) is 38.8 Å². The molecule has 1 aromatic heterocycles. The molecule has 1 N–H and O–H groups in total. The molecular formula is C19H28N4O3. The van der Waals surface area contributed by atoms with Crippen LogP contribution >= 0.6 is 0 Å². The van der Waals surface area contributed by atoms with E-state index >= 15 is 0 Å². The van der Waals surface area contributed by atoms with E-state index in [1.807, 2.05) is 25.7 Å². The number of carbonyl (C=O) groups is 2. The van der Waals surface area contributed by atoms with Crippen molar-refractivity contribution in [3.8, 4) is 0 Å². The quantitative estimate of drug-likeness (QED) is 0.867. The molecule has 0 aliphatic carbocycles. The van der Waals surface area contributed by atoms with Gasteiger partial charge in [0.1, 0.15) is 5.69 Å². The highest BCUT2D eigenvalue weighted by atomic mass is 16.2. The molecule has 1 unspecified atom stereocenters. The van der Waals surface area contributed by atoms with Gasteiger partial charge in [0.05, 0.1) is 5.92 Å². The third kappa shape index (κ3) is 3.97. The van der Waals surface area contributed by atoms with Gasteiger partial charge in [-0.1, -0.05) is 20.8 Å². The van der Waals surface area contributed by atoms with Gasteiger partial charge in [-0.3, -0.25) is 9.59 Å². The summed E-state index contributed by atoms with van der Waals surface area (Å²) in [6.07, 6.45) is 3.74. The molecule has 2 amide bonds. The van der Waals surface area contributed by atoms with Gasteiger partial charge in [0.15, 0.2) is 0 Å². The van der Waals surface area contributed by atoms with Crippen molar-refractivity contribution in [2.24, 2.45) is 5.92 Å². The molecule has 3 heterocycles. The van der Waals surface area contributed by atoms with Crippen molar-refractivity contribution < 1.29 is 9.59 Å². The highest BCUT2D eigenvalue weighted by molar-refractivity contribution is 5.93. The van der Waals surface area contributed by atoms with Crippen molar-refractivity contribution in [1.82, 2.24) is 19.8 Å². The van der Waals surface area contributed by atoms with Crippen molar-refractivity contribution in [3.05, 3.63) is 27.9 Å². The average Bonchev–Trinajstić information content (AvgIpc) is 3.14. The number of aromatic amines is 1. The highest BCUT2D eigenvalue weighted by Gasteiger charge is 2.33. The maximum Gasteiger partial charge on any atom is 0.345 e. The number of hydrogen-bond acceptors (Lipinski definition) is 4. The first-order valence-electron chi connectivity index (χ1n) is 9.45. The average molecular weight is 360 g/mol. The molecule has 2 aliphatic rings. The van der Waals surface area contributed by atoms with Crippen LogP contribution in [0.25, 0.3) is 0 Å². The lowest BCUT2D eigenvalue weighted by molar-refractivity contribution is -0.135. The first-order chi connectivity index (χ1) is 12.3. The van der Waals surface area contributed by atoms with Crippen LogP contribution in [0.4, 0.5) is 0 Å². The Labute approximate surface area is 153 Å². The van der Waals surface area contributed by atoms with Gasteiger partial charge < -0.3 is 14.8 Å². The number of hydrogen-bond donors (Lipinski definition) is 1. The molecule has 0 aromatic carbocycles. The van der Waals surface area contributed by atoms with E-state index in [4.69, 9.17) is 0 Å². The number of aromatic nitrogens is 2. The van der Waals surface area contributed by atoms with Crippen LogP contribution in [0.3, 0.4) is 0 Å². The molecule has 0 radical (unpaired) electrons. The lowest BCUT2D eigenvalue weighted by Crippen LogP contribution is -2.46. The lowest BCUT2D eigenvalue weighted by Gasteiger charge is -2.33. The number of amides is 2. The normalized spacial score (nSPS) is 21.1. The second-order valence-electron chi connectivity index (χ2n) is 8.36. The molecule has 1 atom stereocenters. The molecule has 7 heteroatoms. The summed E-state index contributed by atoms with van der Waals surface area (Å²) in [6, 6.07) is 1.66. The molecule has 1 aromatic rings. The summed E-state index contributed by atoms with van der Waals surface area (Å²) in [6.45, 7) is 8.58. The van der Waals surface area contributed by atoms with Gasteiger partial charge in [0.2, 0.25) is 5.91 Å². The van der Waals surface area contributed by atoms with E-state index in [1.165, 1.54) is 0 Å². The molecule has 2 fully saturated rings. The van der Waals surface area contributed by atoms with Gasteiger partial charge >= 0.3 is 5.69 Å². The van der Waals surface area contributed by atoms with Gasteiger partial charge in [-0.25, -0.2) is 4.79 Å².